The van der Waals surface area contributed by atoms with Crippen LogP contribution < -0.4 is 10.6 Å². The zero-order valence-electron chi connectivity index (χ0n) is 16.9. The lowest BCUT2D eigenvalue weighted by molar-refractivity contribution is -0.121. The molecule has 8 nitrogen and oxygen atoms in total. The van der Waals surface area contributed by atoms with Crippen molar-refractivity contribution in [2.45, 2.75) is 50.5 Å². The van der Waals surface area contributed by atoms with E-state index in [1.54, 1.807) is 6.20 Å². The number of rotatable bonds is 2. The van der Waals surface area contributed by atoms with E-state index in [0.29, 0.717) is 18.2 Å². The van der Waals surface area contributed by atoms with Gasteiger partial charge >= 0.3 is 0 Å². The van der Waals surface area contributed by atoms with Crippen molar-refractivity contribution in [1.29, 1.82) is 0 Å². The zero-order chi connectivity index (χ0) is 20.0. The molecule has 0 bridgehead atoms. The molecule has 4 heterocycles. The van der Waals surface area contributed by atoms with Gasteiger partial charge in [-0.25, -0.2) is 4.98 Å². The molecule has 2 fully saturated rings. The van der Waals surface area contributed by atoms with Crippen molar-refractivity contribution in [3.63, 3.8) is 0 Å². The first-order valence-corrected chi connectivity index (χ1v) is 10.7. The monoisotopic (exact) mass is 396 g/mol. The number of anilines is 1. The fourth-order valence-electron chi connectivity index (χ4n) is 5.31. The maximum atomic E-state index is 12.7. The lowest BCUT2D eigenvalue weighted by atomic mass is 9.80. The largest absolute Gasteiger partial charge is 0.348 e. The number of piperidine rings is 1. The lowest BCUT2D eigenvalue weighted by Gasteiger charge is -2.42. The summed E-state index contributed by atoms with van der Waals surface area (Å²) in [5, 5.41) is 6.84. The second kappa shape index (κ2) is 7.09. The molecule has 1 saturated carbocycles. The highest BCUT2D eigenvalue weighted by Crippen LogP contribution is 2.40. The molecule has 0 radical (unpaired) electrons. The number of nitrogens with one attached hydrogen (secondary N) is 2. The van der Waals surface area contributed by atoms with Gasteiger partial charge in [-0.15, -0.1) is 0 Å². The van der Waals surface area contributed by atoms with Gasteiger partial charge in [-0.05, 0) is 45.3 Å². The maximum Gasteiger partial charge on any atom is 0.268 e. The minimum atomic E-state index is -0.120. The number of carbonyl (C=O) groups excluding carboxylic acids is 2. The highest BCUT2D eigenvalue weighted by molar-refractivity contribution is 5.99. The Labute approximate surface area is 170 Å². The highest BCUT2D eigenvalue weighted by Gasteiger charge is 2.41. The molecule has 1 aliphatic carbocycles. The molecule has 2 amide bonds. The van der Waals surface area contributed by atoms with Gasteiger partial charge in [0.15, 0.2) is 0 Å². The molecular formula is C21H28N6O2. The molecule has 5 rings (SSSR count). The summed E-state index contributed by atoms with van der Waals surface area (Å²) in [7, 11) is 2.05. The second-order valence-corrected chi connectivity index (χ2v) is 8.90. The summed E-state index contributed by atoms with van der Waals surface area (Å²) in [4.78, 5) is 36.5. The fourth-order valence-corrected chi connectivity index (χ4v) is 5.31. The average Bonchev–Trinajstić information content (AvgIpc) is 3.12. The SMILES string of the molecule is CN1CCCC(C(=O)Nc2ncc3cc4n(c3n2)C2(CCCCC2)CNC4=O)C1. The van der Waals surface area contributed by atoms with Crippen LogP contribution in [0.3, 0.4) is 0 Å². The second-order valence-electron chi connectivity index (χ2n) is 8.90. The molecule has 2 aromatic heterocycles. The molecule has 3 aliphatic rings. The first kappa shape index (κ1) is 18.5. The number of fused-ring (bicyclic) bond motifs is 4. The molecule has 2 aromatic rings. The van der Waals surface area contributed by atoms with Gasteiger partial charge in [0.2, 0.25) is 11.9 Å². The number of carbonyl (C=O) groups is 2. The number of hydrogen-bond acceptors (Lipinski definition) is 5. The minimum Gasteiger partial charge on any atom is -0.348 e. The van der Waals surface area contributed by atoms with Crippen LogP contribution in [0.15, 0.2) is 12.3 Å². The number of nitrogens with zero attached hydrogens (tertiary/aromatic N) is 4. The van der Waals surface area contributed by atoms with Crippen LogP contribution in [0.1, 0.15) is 55.4 Å². The van der Waals surface area contributed by atoms with Crippen molar-refractivity contribution >= 4 is 28.8 Å². The molecule has 29 heavy (non-hydrogen) atoms. The van der Waals surface area contributed by atoms with E-state index in [-0.39, 0.29) is 23.3 Å². The van der Waals surface area contributed by atoms with E-state index in [4.69, 9.17) is 4.98 Å². The summed E-state index contributed by atoms with van der Waals surface area (Å²) in [5.74, 6) is 0.208. The van der Waals surface area contributed by atoms with Crippen molar-refractivity contribution in [3.05, 3.63) is 18.0 Å². The van der Waals surface area contributed by atoms with E-state index >= 15 is 0 Å². The van der Waals surface area contributed by atoms with Gasteiger partial charge < -0.3 is 14.8 Å². The van der Waals surface area contributed by atoms with Crippen molar-refractivity contribution in [1.82, 2.24) is 24.8 Å². The standard InChI is InChI=1S/C21H28N6O2/c1-26-9-5-6-14(12-26)18(28)25-20-22-11-15-10-16-19(29)23-13-21(7-3-2-4-8-21)27(16)17(15)24-20/h10-11,14H,2-9,12-13H2,1H3,(H,23,29)(H,22,24,25,28). The Hall–Kier alpha value is -2.48. The number of aromatic nitrogens is 3. The number of amides is 2. The van der Waals surface area contributed by atoms with Crippen LogP contribution in [-0.2, 0) is 10.3 Å². The van der Waals surface area contributed by atoms with Crippen molar-refractivity contribution in [2.75, 3.05) is 32.0 Å². The Morgan fingerprint density at radius 2 is 2.10 bits per heavy atom. The average molecular weight is 396 g/mol. The Bertz CT molecular complexity index is 961. The van der Waals surface area contributed by atoms with E-state index in [0.717, 1.165) is 62.6 Å². The molecule has 1 unspecified atom stereocenters. The van der Waals surface area contributed by atoms with Crippen LogP contribution in [0.5, 0.6) is 0 Å². The molecular weight excluding hydrogens is 368 g/mol. The molecule has 1 spiro atoms. The van der Waals surface area contributed by atoms with E-state index in [2.05, 4.69) is 25.1 Å². The van der Waals surface area contributed by atoms with Crippen molar-refractivity contribution in [2.24, 2.45) is 5.92 Å². The summed E-state index contributed by atoms with van der Waals surface area (Å²) in [6.45, 7) is 2.44. The Kier molecular flexibility index (Phi) is 4.53. The predicted molar refractivity (Wildman–Crippen MR) is 110 cm³/mol. The fraction of sp³-hybridized carbons (Fsp3) is 0.619. The van der Waals surface area contributed by atoms with Gasteiger partial charge in [0.25, 0.3) is 5.91 Å². The summed E-state index contributed by atoms with van der Waals surface area (Å²) >= 11 is 0. The van der Waals surface area contributed by atoms with Crippen LogP contribution in [0.4, 0.5) is 5.95 Å². The molecule has 1 atom stereocenters. The molecule has 154 valence electrons. The summed E-state index contributed by atoms with van der Waals surface area (Å²) in [5.41, 5.74) is 1.29. The third-order valence-corrected chi connectivity index (χ3v) is 6.84. The zero-order valence-corrected chi connectivity index (χ0v) is 16.9. The van der Waals surface area contributed by atoms with Gasteiger partial charge in [0.1, 0.15) is 11.3 Å². The highest BCUT2D eigenvalue weighted by atomic mass is 16.2. The van der Waals surface area contributed by atoms with E-state index in [9.17, 15) is 9.59 Å². The summed E-state index contributed by atoms with van der Waals surface area (Å²) < 4.78 is 2.13. The topological polar surface area (TPSA) is 92.2 Å². The van der Waals surface area contributed by atoms with Crippen LogP contribution >= 0.6 is 0 Å². The van der Waals surface area contributed by atoms with E-state index in [1.165, 1.54) is 6.42 Å². The quantitative estimate of drug-likeness (QED) is 0.811. The maximum absolute atomic E-state index is 12.7. The molecule has 1 saturated heterocycles. The van der Waals surface area contributed by atoms with Crippen LogP contribution in [0.2, 0.25) is 0 Å². The van der Waals surface area contributed by atoms with E-state index < -0.39 is 0 Å². The van der Waals surface area contributed by atoms with Gasteiger partial charge in [0.05, 0.1) is 11.5 Å². The number of hydrogen-bond donors (Lipinski definition) is 2. The molecule has 2 N–H and O–H groups in total. The first-order valence-electron chi connectivity index (χ1n) is 10.7. The van der Waals surface area contributed by atoms with Crippen molar-refractivity contribution in [3.8, 4) is 0 Å². The normalized spacial score (nSPS) is 24.3. The van der Waals surface area contributed by atoms with E-state index in [1.807, 2.05) is 13.1 Å². The molecule has 8 heteroatoms. The third kappa shape index (κ3) is 3.19. The molecule has 0 aromatic carbocycles. The molecule has 2 aliphatic heterocycles. The van der Waals surface area contributed by atoms with Gasteiger partial charge in [0, 0.05) is 24.7 Å². The Balaban J connectivity index is 1.49. The minimum absolute atomic E-state index is 0.0218. The smallest absolute Gasteiger partial charge is 0.268 e. The van der Waals surface area contributed by atoms with Gasteiger partial charge in [-0.3, -0.25) is 14.9 Å². The first-order chi connectivity index (χ1) is 14.1. The van der Waals surface area contributed by atoms with Gasteiger partial charge in [-0.2, -0.15) is 4.98 Å². The Morgan fingerprint density at radius 3 is 2.90 bits per heavy atom. The predicted octanol–water partition coefficient (Wildman–Crippen LogP) is 2.11. The third-order valence-electron chi connectivity index (χ3n) is 6.84. The Morgan fingerprint density at radius 1 is 1.28 bits per heavy atom. The summed E-state index contributed by atoms with van der Waals surface area (Å²) in [6, 6.07) is 1.88. The number of likely N-dealkylation sites (tertiary alicyclic amines) is 1. The summed E-state index contributed by atoms with van der Waals surface area (Å²) in [6.07, 6.45) is 9.24. The lowest BCUT2D eigenvalue weighted by Crippen LogP contribution is -2.52. The van der Waals surface area contributed by atoms with Crippen LogP contribution in [-0.4, -0.2) is 57.9 Å². The van der Waals surface area contributed by atoms with Crippen molar-refractivity contribution < 1.29 is 9.59 Å². The van der Waals surface area contributed by atoms with Crippen LogP contribution in [0.25, 0.3) is 11.0 Å². The van der Waals surface area contributed by atoms with Crippen LogP contribution in [0, 0.1) is 5.92 Å². The van der Waals surface area contributed by atoms with Gasteiger partial charge in [-0.1, -0.05) is 19.3 Å².